The molecule has 1 unspecified atom stereocenters. The third-order valence-corrected chi connectivity index (χ3v) is 3.57. The summed E-state index contributed by atoms with van der Waals surface area (Å²) in [6.07, 6.45) is 0.524. The molecule has 0 fully saturated rings. The number of nitrogens with one attached hydrogen (secondary N) is 2. The molecule has 2 rings (SSSR count). The van der Waals surface area contributed by atoms with Crippen LogP contribution in [0.3, 0.4) is 0 Å². The van der Waals surface area contributed by atoms with Gasteiger partial charge in [0.05, 0.1) is 0 Å². The fraction of sp³-hybridized carbons (Fsp3) is 0.308. The minimum absolute atomic E-state index is 0.321. The number of carbonyl (C=O) groups excluding carboxylic acids is 2. The molecule has 1 heterocycles. The number of nitrogens with zero attached hydrogens (tertiary/aromatic N) is 1. The standard InChI is InChI=1S/C13H14BrN3O2/c1-15-7-6-10-16-12(18)11(13(19)17-10)8-4-2-3-5-9(8)14/h2-5,11,15H,6-7H2,1H3,(H,16,17,18,19). The zero-order valence-corrected chi connectivity index (χ0v) is 12.0. The molecule has 100 valence electrons. The van der Waals surface area contributed by atoms with Gasteiger partial charge in [-0.15, -0.1) is 0 Å². The van der Waals surface area contributed by atoms with Gasteiger partial charge in [-0.1, -0.05) is 34.1 Å². The van der Waals surface area contributed by atoms with Crippen LogP contribution in [0, 0.1) is 0 Å². The highest BCUT2D eigenvalue weighted by atomic mass is 79.9. The lowest BCUT2D eigenvalue weighted by Gasteiger charge is -2.21. The second kappa shape index (κ2) is 6.08. The number of carbonyl (C=O) groups is 2. The Bertz CT molecular complexity index is 542. The number of amides is 2. The minimum Gasteiger partial charge on any atom is -0.319 e. The van der Waals surface area contributed by atoms with Gasteiger partial charge in [-0.2, -0.15) is 4.99 Å². The molecule has 1 aliphatic rings. The Morgan fingerprint density at radius 1 is 1.37 bits per heavy atom. The minimum atomic E-state index is -0.867. The summed E-state index contributed by atoms with van der Waals surface area (Å²) in [4.78, 5) is 28.1. The van der Waals surface area contributed by atoms with Crippen molar-refractivity contribution in [3.05, 3.63) is 34.3 Å². The van der Waals surface area contributed by atoms with Crippen molar-refractivity contribution in [1.82, 2.24) is 10.6 Å². The van der Waals surface area contributed by atoms with Gasteiger partial charge in [-0.05, 0) is 18.7 Å². The van der Waals surface area contributed by atoms with Gasteiger partial charge in [0.2, 0.25) is 5.91 Å². The van der Waals surface area contributed by atoms with Crippen LogP contribution in [0.15, 0.2) is 33.7 Å². The van der Waals surface area contributed by atoms with Crippen molar-refractivity contribution >= 4 is 33.6 Å². The third-order valence-electron chi connectivity index (χ3n) is 2.85. The van der Waals surface area contributed by atoms with Gasteiger partial charge in [-0.3, -0.25) is 9.59 Å². The largest absolute Gasteiger partial charge is 0.319 e. The molecule has 0 saturated carbocycles. The number of halogens is 1. The first kappa shape index (κ1) is 13.9. The zero-order chi connectivity index (χ0) is 13.8. The van der Waals surface area contributed by atoms with Crippen molar-refractivity contribution in [2.24, 2.45) is 4.99 Å². The van der Waals surface area contributed by atoms with Crippen LogP contribution in [0.25, 0.3) is 0 Å². The number of amidine groups is 1. The van der Waals surface area contributed by atoms with Gasteiger partial charge in [0.25, 0.3) is 5.91 Å². The normalized spacial score (nSPS) is 19.1. The maximum atomic E-state index is 12.1. The Labute approximate surface area is 119 Å². The summed E-state index contributed by atoms with van der Waals surface area (Å²) in [6.45, 7) is 0.659. The summed E-state index contributed by atoms with van der Waals surface area (Å²) in [5.74, 6) is -1.18. The summed E-state index contributed by atoms with van der Waals surface area (Å²) < 4.78 is 0.734. The number of aliphatic imine (C=N–C) groups is 1. The monoisotopic (exact) mass is 323 g/mol. The molecular formula is C13H14BrN3O2. The Balaban J connectivity index is 2.25. The molecule has 0 aromatic heterocycles. The molecule has 19 heavy (non-hydrogen) atoms. The van der Waals surface area contributed by atoms with E-state index in [4.69, 9.17) is 0 Å². The van der Waals surface area contributed by atoms with Gasteiger partial charge in [-0.25, -0.2) is 0 Å². The van der Waals surface area contributed by atoms with Crippen molar-refractivity contribution in [3.63, 3.8) is 0 Å². The molecule has 0 saturated heterocycles. The molecule has 0 aliphatic carbocycles. The van der Waals surface area contributed by atoms with Crippen molar-refractivity contribution < 1.29 is 9.59 Å². The van der Waals surface area contributed by atoms with E-state index < -0.39 is 11.8 Å². The van der Waals surface area contributed by atoms with Gasteiger partial charge < -0.3 is 10.6 Å². The van der Waals surface area contributed by atoms with E-state index in [1.165, 1.54) is 0 Å². The predicted octanol–water partition coefficient (Wildman–Crippen LogP) is 1.20. The lowest BCUT2D eigenvalue weighted by atomic mass is 9.96. The second-order valence-electron chi connectivity index (χ2n) is 4.19. The number of rotatable bonds is 4. The summed E-state index contributed by atoms with van der Waals surface area (Å²) in [7, 11) is 1.80. The Morgan fingerprint density at radius 3 is 2.74 bits per heavy atom. The number of benzene rings is 1. The van der Waals surface area contributed by atoms with E-state index in [9.17, 15) is 9.59 Å². The molecule has 0 radical (unpaired) electrons. The van der Waals surface area contributed by atoms with E-state index in [1.807, 2.05) is 6.07 Å². The fourth-order valence-electron chi connectivity index (χ4n) is 1.90. The quantitative estimate of drug-likeness (QED) is 0.818. The van der Waals surface area contributed by atoms with Crippen LogP contribution in [-0.4, -0.2) is 31.2 Å². The fourth-order valence-corrected chi connectivity index (χ4v) is 2.41. The van der Waals surface area contributed by atoms with Crippen LogP contribution < -0.4 is 10.6 Å². The molecule has 2 N–H and O–H groups in total. The first-order valence-electron chi connectivity index (χ1n) is 5.94. The number of hydrogen-bond acceptors (Lipinski definition) is 3. The lowest BCUT2D eigenvalue weighted by Crippen LogP contribution is -2.43. The third kappa shape index (κ3) is 3.08. The van der Waals surface area contributed by atoms with Crippen LogP contribution in [-0.2, 0) is 9.59 Å². The van der Waals surface area contributed by atoms with Crippen molar-refractivity contribution in [2.45, 2.75) is 12.3 Å². The topological polar surface area (TPSA) is 70.6 Å². The first-order valence-corrected chi connectivity index (χ1v) is 6.74. The van der Waals surface area contributed by atoms with Gasteiger partial charge in [0.15, 0.2) is 0 Å². The van der Waals surface area contributed by atoms with E-state index in [2.05, 4.69) is 31.6 Å². The van der Waals surface area contributed by atoms with Crippen LogP contribution in [0.1, 0.15) is 17.9 Å². The molecule has 2 amide bonds. The predicted molar refractivity (Wildman–Crippen MR) is 76.0 cm³/mol. The zero-order valence-electron chi connectivity index (χ0n) is 10.4. The second-order valence-corrected chi connectivity index (χ2v) is 5.05. The molecule has 6 heteroatoms. The molecule has 5 nitrogen and oxygen atoms in total. The molecule has 1 aromatic carbocycles. The molecule has 1 atom stereocenters. The van der Waals surface area contributed by atoms with E-state index in [0.29, 0.717) is 24.4 Å². The maximum Gasteiger partial charge on any atom is 0.264 e. The van der Waals surface area contributed by atoms with E-state index in [-0.39, 0.29) is 5.91 Å². The lowest BCUT2D eigenvalue weighted by molar-refractivity contribution is -0.129. The Morgan fingerprint density at radius 2 is 2.11 bits per heavy atom. The SMILES string of the molecule is CNCCC1=NC(=O)C(c2ccccc2Br)C(=O)N1. The van der Waals surface area contributed by atoms with Gasteiger partial charge in [0.1, 0.15) is 11.8 Å². The van der Waals surface area contributed by atoms with Crippen molar-refractivity contribution in [1.29, 1.82) is 0 Å². The average molecular weight is 324 g/mol. The molecular weight excluding hydrogens is 310 g/mol. The maximum absolute atomic E-state index is 12.1. The highest BCUT2D eigenvalue weighted by Gasteiger charge is 2.34. The summed E-state index contributed by atoms with van der Waals surface area (Å²) in [5, 5.41) is 5.63. The Hall–Kier alpha value is -1.53. The number of hydrogen-bond donors (Lipinski definition) is 2. The van der Waals surface area contributed by atoms with Crippen LogP contribution >= 0.6 is 15.9 Å². The summed E-state index contributed by atoms with van der Waals surface area (Å²) in [6, 6.07) is 7.18. The first-order chi connectivity index (χ1) is 9.13. The van der Waals surface area contributed by atoms with E-state index in [1.54, 1.807) is 25.2 Å². The summed E-state index contributed by atoms with van der Waals surface area (Å²) >= 11 is 3.35. The highest BCUT2D eigenvalue weighted by molar-refractivity contribution is 9.10. The highest BCUT2D eigenvalue weighted by Crippen LogP contribution is 2.27. The molecule has 1 aromatic rings. The average Bonchev–Trinajstić information content (AvgIpc) is 2.38. The van der Waals surface area contributed by atoms with Crippen LogP contribution in [0.2, 0.25) is 0 Å². The smallest absolute Gasteiger partial charge is 0.264 e. The van der Waals surface area contributed by atoms with E-state index in [0.717, 1.165) is 4.47 Å². The van der Waals surface area contributed by atoms with Gasteiger partial charge >= 0.3 is 0 Å². The van der Waals surface area contributed by atoms with Gasteiger partial charge in [0, 0.05) is 17.4 Å². The molecule has 0 bridgehead atoms. The Kier molecular flexibility index (Phi) is 4.44. The molecule has 0 spiro atoms. The van der Waals surface area contributed by atoms with Crippen LogP contribution in [0.4, 0.5) is 0 Å². The summed E-state index contributed by atoms with van der Waals surface area (Å²) in [5.41, 5.74) is 0.640. The van der Waals surface area contributed by atoms with Crippen molar-refractivity contribution in [2.75, 3.05) is 13.6 Å². The molecule has 1 aliphatic heterocycles. The van der Waals surface area contributed by atoms with E-state index >= 15 is 0 Å². The van der Waals surface area contributed by atoms with Crippen molar-refractivity contribution in [3.8, 4) is 0 Å². The van der Waals surface area contributed by atoms with Crippen LogP contribution in [0.5, 0.6) is 0 Å².